The normalized spacial score (nSPS) is 19.5. The molecule has 0 bridgehead atoms. The average molecular weight is 536 g/mol. The first-order chi connectivity index (χ1) is 19.2. The van der Waals surface area contributed by atoms with Crippen molar-refractivity contribution in [1.82, 2.24) is 15.5 Å². The molecule has 6 rings (SSSR count). The lowest BCUT2D eigenvalue weighted by atomic mass is 9.85. The summed E-state index contributed by atoms with van der Waals surface area (Å²) in [5, 5.41) is 6.01. The van der Waals surface area contributed by atoms with E-state index in [2.05, 4.69) is 41.0 Å². The first-order valence-electron chi connectivity index (χ1n) is 14.4. The van der Waals surface area contributed by atoms with E-state index < -0.39 is 0 Å². The summed E-state index contributed by atoms with van der Waals surface area (Å²) < 4.78 is 0. The van der Waals surface area contributed by atoms with E-state index in [9.17, 15) is 14.4 Å². The lowest BCUT2D eigenvalue weighted by molar-refractivity contribution is -0.120. The van der Waals surface area contributed by atoms with Crippen molar-refractivity contribution in [3.05, 3.63) is 94.0 Å². The van der Waals surface area contributed by atoms with Crippen LogP contribution in [0.2, 0.25) is 0 Å². The molecular weight excluding hydrogens is 498 g/mol. The molecule has 0 spiro atoms. The van der Waals surface area contributed by atoms with Gasteiger partial charge in [0.25, 0.3) is 5.91 Å². The number of ketones is 1. The van der Waals surface area contributed by atoms with E-state index >= 15 is 0 Å². The van der Waals surface area contributed by atoms with Crippen LogP contribution in [0, 0.1) is 5.92 Å². The highest BCUT2D eigenvalue weighted by Gasteiger charge is 2.43. The van der Waals surface area contributed by atoms with Gasteiger partial charge in [0.15, 0.2) is 0 Å². The number of hydrogen-bond donors (Lipinski definition) is 2. The maximum atomic E-state index is 13.2. The van der Waals surface area contributed by atoms with Gasteiger partial charge in [-0.2, -0.15) is 0 Å². The van der Waals surface area contributed by atoms with Crippen molar-refractivity contribution >= 4 is 17.7 Å². The van der Waals surface area contributed by atoms with Gasteiger partial charge in [-0.25, -0.2) is 4.79 Å². The Balaban J connectivity index is 1.26. The highest BCUT2D eigenvalue weighted by molar-refractivity contribution is 5.99. The van der Waals surface area contributed by atoms with Crippen molar-refractivity contribution in [1.29, 1.82) is 0 Å². The number of rotatable bonds is 6. The standard InChI is InChI=1S/C34H37N3O3/c1-34(2,3)36-33(40)37-16-15-27-25(23-10-13-26-24(17-23)19-35-32(26)39)12-9-22(30(27)20-37)11-14-31(38)29-18-28(29)21-7-5-4-6-8-21/h4-10,12-13,17,28-29H,11,14-16,18-20H2,1-3H3,(H,35,39)(H,36,40)/t28-,29?/m0/s1. The number of amides is 3. The molecule has 3 aliphatic rings. The van der Waals surface area contributed by atoms with Crippen molar-refractivity contribution in [3.63, 3.8) is 0 Å². The number of carbonyl (C=O) groups excluding carboxylic acids is 3. The maximum Gasteiger partial charge on any atom is 0.318 e. The molecule has 1 saturated carbocycles. The third-order valence-corrected chi connectivity index (χ3v) is 8.45. The Kier molecular flexibility index (Phi) is 6.73. The SMILES string of the molecule is CC(C)(C)NC(=O)N1CCc2c(-c3ccc4c(c3)CNC4=O)ccc(CCC(=O)C3C[C@H]3c3ccccc3)c2C1. The Hall–Kier alpha value is -3.93. The lowest BCUT2D eigenvalue weighted by Crippen LogP contribution is -2.50. The fourth-order valence-corrected chi connectivity index (χ4v) is 6.28. The number of urea groups is 1. The molecule has 3 aromatic rings. The van der Waals surface area contributed by atoms with E-state index in [1.54, 1.807) is 0 Å². The largest absolute Gasteiger partial charge is 0.348 e. The topological polar surface area (TPSA) is 78.5 Å². The Morgan fingerprint density at radius 1 is 1.00 bits per heavy atom. The van der Waals surface area contributed by atoms with Gasteiger partial charge in [0.05, 0.1) is 0 Å². The summed E-state index contributed by atoms with van der Waals surface area (Å²) >= 11 is 0. The van der Waals surface area contributed by atoms with E-state index in [1.807, 2.05) is 56.0 Å². The van der Waals surface area contributed by atoms with Crippen LogP contribution < -0.4 is 10.6 Å². The van der Waals surface area contributed by atoms with Crippen molar-refractivity contribution < 1.29 is 14.4 Å². The number of benzene rings is 3. The van der Waals surface area contributed by atoms with Gasteiger partial charge in [-0.1, -0.05) is 48.5 Å². The van der Waals surface area contributed by atoms with E-state index in [0.29, 0.717) is 44.2 Å². The highest BCUT2D eigenvalue weighted by Crippen LogP contribution is 2.48. The third-order valence-electron chi connectivity index (χ3n) is 8.45. The number of carbonyl (C=O) groups is 3. The summed E-state index contributed by atoms with van der Waals surface area (Å²) in [6.45, 7) is 7.69. The van der Waals surface area contributed by atoms with Crippen molar-refractivity contribution in [3.8, 4) is 11.1 Å². The molecule has 40 heavy (non-hydrogen) atoms. The number of nitrogens with one attached hydrogen (secondary N) is 2. The molecule has 1 unspecified atom stereocenters. The van der Waals surface area contributed by atoms with Gasteiger partial charge in [0, 0.05) is 43.1 Å². The first kappa shape index (κ1) is 26.3. The molecule has 1 aliphatic carbocycles. The van der Waals surface area contributed by atoms with Crippen LogP contribution in [0.4, 0.5) is 4.79 Å². The molecule has 6 heteroatoms. The van der Waals surface area contributed by atoms with Gasteiger partial charge < -0.3 is 15.5 Å². The number of aryl methyl sites for hydroxylation is 1. The zero-order valence-electron chi connectivity index (χ0n) is 23.5. The second-order valence-corrected chi connectivity index (χ2v) is 12.5. The molecule has 2 aliphatic heterocycles. The summed E-state index contributed by atoms with van der Waals surface area (Å²) in [5.41, 5.74) is 8.49. The molecule has 206 valence electrons. The van der Waals surface area contributed by atoms with Crippen molar-refractivity contribution in [2.24, 2.45) is 5.92 Å². The van der Waals surface area contributed by atoms with Crippen molar-refractivity contribution in [2.75, 3.05) is 6.54 Å². The van der Waals surface area contributed by atoms with Crippen LogP contribution in [0.5, 0.6) is 0 Å². The zero-order valence-corrected chi connectivity index (χ0v) is 23.5. The van der Waals surface area contributed by atoms with Crippen LogP contribution in [-0.4, -0.2) is 34.7 Å². The Morgan fingerprint density at radius 2 is 1.77 bits per heavy atom. The van der Waals surface area contributed by atoms with Gasteiger partial charge in [0.2, 0.25) is 0 Å². The minimum absolute atomic E-state index is 0.0192. The lowest BCUT2D eigenvalue weighted by Gasteiger charge is -2.34. The van der Waals surface area contributed by atoms with Gasteiger partial charge in [-0.3, -0.25) is 9.59 Å². The van der Waals surface area contributed by atoms with Crippen LogP contribution in [0.3, 0.4) is 0 Å². The van der Waals surface area contributed by atoms with Gasteiger partial charge >= 0.3 is 6.03 Å². The fraction of sp³-hybridized carbons (Fsp3) is 0.382. The average Bonchev–Trinajstić information content (AvgIpc) is 3.67. The second-order valence-electron chi connectivity index (χ2n) is 12.5. The Bertz CT molecular complexity index is 1490. The van der Waals surface area contributed by atoms with Crippen LogP contribution in [0.1, 0.15) is 77.7 Å². The van der Waals surface area contributed by atoms with Gasteiger partial charge in [0.1, 0.15) is 5.78 Å². The molecule has 2 N–H and O–H groups in total. The van der Waals surface area contributed by atoms with Gasteiger partial charge in [-0.05, 0) is 97.0 Å². The molecule has 6 nitrogen and oxygen atoms in total. The van der Waals surface area contributed by atoms with Crippen LogP contribution in [0.15, 0.2) is 60.7 Å². The molecule has 3 aromatic carbocycles. The first-order valence-corrected chi connectivity index (χ1v) is 14.4. The summed E-state index contributed by atoms with van der Waals surface area (Å²) in [6.07, 6.45) is 2.88. The third kappa shape index (κ3) is 5.27. The number of Topliss-reactive ketones (excluding diaryl/α,β-unsaturated/α-hetero) is 1. The fourth-order valence-electron chi connectivity index (χ4n) is 6.28. The summed E-state index contributed by atoms with van der Waals surface area (Å²) in [4.78, 5) is 40.3. The van der Waals surface area contributed by atoms with E-state index in [1.165, 1.54) is 11.1 Å². The van der Waals surface area contributed by atoms with Crippen LogP contribution >= 0.6 is 0 Å². The Morgan fingerprint density at radius 3 is 2.55 bits per heavy atom. The zero-order chi connectivity index (χ0) is 28.0. The molecule has 0 aromatic heterocycles. The number of nitrogens with zero attached hydrogens (tertiary/aromatic N) is 1. The minimum Gasteiger partial charge on any atom is -0.348 e. The maximum absolute atomic E-state index is 13.2. The quantitative estimate of drug-likeness (QED) is 0.421. The molecule has 2 heterocycles. The molecule has 1 fully saturated rings. The summed E-state index contributed by atoms with van der Waals surface area (Å²) in [6, 6.07) is 20.6. The molecule has 0 saturated heterocycles. The molecule has 3 amide bonds. The molecule has 0 radical (unpaired) electrons. The van der Waals surface area contributed by atoms with E-state index in [4.69, 9.17) is 0 Å². The predicted molar refractivity (Wildman–Crippen MR) is 156 cm³/mol. The molecule has 2 atom stereocenters. The number of fused-ring (bicyclic) bond motifs is 2. The Labute approximate surface area is 236 Å². The van der Waals surface area contributed by atoms with Crippen LogP contribution in [-0.2, 0) is 30.7 Å². The minimum atomic E-state index is -0.316. The van der Waals surface area contributed by atoms with E-state index in [-0.39, 0.29) is 23.4 Å². The van der Waals surface area contributed by atoms with Crippen molar-refractivity contribution in [2.45, 2.75) is 71.0 Å². The summed E-state index contributed by atoms with van der Waals surface area (Å²) in [5.74, 6) is 0.784. The number of hydrogen-bond acceptors (Lipinski definition) is 3. The van der Waals surface area contributed by atoms with Gasteiger partial charge in [-0.15, -0.1) is 0 Å². The molecular formula is C34H37N3O3. The summed E-state index contributed by atoms with van der Waals surface area (Å²) in [7, 11) is 0. The van der Waals surface area contributed by atoms with Crippen LogP contribution in [0.25, 0.3) is 11.1 Å². The monoisotopic (exact) mass is 535 g/mol. The smallest absolute Gasteiger partial charge is 0.318 e. The predicted octanol–water partition coefficient (Wildman–Crippen LogP) is 5.77. The second kappa shape index (κ2) is 10.2. The highest BCUT2D eigenvalue weighted by atomic mass is 16.2. The van der Waals surface area contributed by atoms with E-state index in [0.717, 1.165) is 46.2 Å².